The van der Waals surface area contributed by atoms with Crippen molar-refractivity contribution in [2.75, 3.05) is 41.1 Å². The molecule has 0 spiro atoms. The second-order valence-corrected chi connectivity index (χ2v) is 20.2. The number of hydrogen-bond acceptors (Lipinski definition) is 14. The molecule has 1 saturated carbocycles. The zero-order valence-corrected chi connectivity index (χ0v) is 42.4. The first-order valence-electron chi connectivity index (χ1n) is 25.0. The lowest BCUT2D eigenvalue weighted by Crippen LogP contribution is -2.61. The summed E-state index contributed by atoms with van der Waals surface area (Å²) in [6, 6.07) is -1.14. The number of ketones is 3. The number of fused-ring (bicyclic) bond motifs is 3. The first-order chi connectivity index (χ1) is 32.3. The Balaban J connectivity index is 1.70. The Morgan fingerprint density at radius 1 is 0.853 bits per heavy atom. The van der Waals surface area contributed by atoms with Gasteiger partial charge in [-0.3, -0.25) is 19.2 Å². The van der Waals surface area contributed by atoms with Crippen molar-refractivity contribution in [3.05, 3.63) is 47.6 Å². The van der Waals surface area contributed by atoms with Crippen molar-refractivity contribution in [2.45, 2.75) is 180 Å². The van der Waals surface area contributed by atoms with Gasteiger partial charge < -0.3 is 48.6 Å². The van der Waals surface area contributed by atoms with E-state index < -0.39 is 77.8 Å². The average Bonchev–Trinajstić information content (AvgIpc) is 3.32. The van der Waals surface area contributed by atoms with E-state index in [1.165, 1.54) is 12.0 Å². The summed E-state index contributed by atoms with van der Waals surface area (Å²) in [6.07, 6.45) is 12.0. The van der Waals surface area contributed by atoms with E-state index in [1.54, 1.807) is 41.1 Å². The SMILES string of the molecule is CO[C@H]1C[C@@H]2CC[C@@H](C)[C@@](O)(O2)C(=O)C(=O)N2CCCC[C@H]2C(=O)O[C@H]([C@@H](C)C[C@@H]2CCC(OCCO)[C@H](OC)C2)CC(=O)[C@H](C)/C=C(\C)[C@@H](O)[C@@H](OC)C(=O)[C@H](C)CC(C)/C=C/C=C/C=C/1C. The molecule has 2 saturated heterocycles. The summed E-state index contributed by atoms with van der Waals surface area (Å²) in [4.78, 5) is 72.1. The van der Waals surface area contributed by atoms with Crippen molar-refractivity contribution in [1.82, 2.24) is 4.90 Å². The molecule has 3 aliphatic heterocycles. The fourth-order valence-electron chi connectivity index (χ4n) is 10.5. The normalized spacial score (nSPS) is 39.2. The molecule has 0 radical (unpaired) electrons. The second-order valence-electron chi connectivity index (χ2n) is 20.2. The standard InChI is InChI=1S/C53H83NO14/c1-32-16-12-11-13-17-33(2)44(63-8)30-40-21-19-38(7)53(62,68-40)50(59)51(60)54-23-15-14-18-41(54)52(61)67-45(35(4)28-39-20-22-43(66-25-24-55)46(29-39)64-9)31-42(56)34(3)27-37(6)48(58)49(65-10)47(57)36(5)26-32/h11-13,16-17,27,32,34-36,38-41,43-46,48-49,55,58,62H,14-15,18-26,28-31H2,1-10H3/b13-11+,16-12+,33-17+,37-27+/t32?,34-,35+,36-,38-,39+,40+,41+,43?,44+,45+,46-,48-,49+,53-/m1/s1. The van der Waals surface area contributed by atoms with E-state index >= 15 is 0 Å². The van der Waals surface area contributed by atoms with E-state index in [-0.39, 0.29) is 74.1 Å². The van der Waals surface area contributed by atoms with E-state index in [9.17, 15) is 39.3 Å². The van der Waals surface area contributed by atoms with Crippen LogP contribution in [0.15, 0.2) is 47.6 Å². The van der Waals surface area contributed by atoms with Gasteiger partial charge in [-0.1, -0.05) is 71.1 Å². The Kier molecular flexibility index (Phi) is 22.9. The first-order valence-corrected chi connectivity index (χ1v) is 25.0. The van der Waals surface area contributed by atoms with Gasteiger partial charge >= 0.3 is 5.97 Å². The first kappa shape index (κ1) is 57.2. The van der Waals surface area contributed by atoms with Crippen LogP contribution >= 0.6 is 0 Å². The molecule has 68 heavy (non-hydrogen) atoms. The number of amides is 1. The topological polar surface area (TPSA) is 205 Å². The Morgan fingerprint density at radius 2 is 1.59 bits per heavy atom. The maximum atomic E-state index is 14.5. The number of esters is 1. The Labute approximate surface area is 405 Å². The smallest absolute Gasteiger partial charge is 0.329 e. The van der Waals surface area contributed by atoms with Crippen LogP contribution in [0.2, 0.25) is 0 Å². The summed E-state index contributed by atoms with van der Waals surface area (Å²) in [5, 5.41) is 32.8. The minimum Gasteiger partial charge on any atom is -0.460 e. The number of piperidine rings is 1. The molecule has 0 aromatic rings. The van der Waals surface area contributed by atoms with Crippen LogP contribution in [0.25, 0.3) is 0 Å². The summed E-state index contributed by atoms with van der Waals surface area (Å²) < 4.78 is 35.6. The third-order valence-corrected chi connectivity index (χ3v) is 14.9. The van der Waals surface area contributed by atoms with Gasteiger partial charge in [0.1, 0.15) is 30.1 Å². The number of nitrogens with zero attached hydrogens (tertiary/aromatic N) is 1. The summed E-state index contributed by atoms with van der Waals surface area (Å²) in [7, 11) is 4.58. The van der Waals surface area contributed by atoms with Gasteiger partial charge in [0.05, 0.1) is 37.6 Å². The lowest BCUT2D eigenvalue weighted by molar-refractivity contribution is -0.265. The summed E-state index contributed by atoms with van der Waals surface area (Å²) in [5.41, 5.74) is 1.26. The highest BCUT2D eigenvalue weighted by atomic mass is 16.6. The summed E-state index contributed by atoms with van der Waals surface area (Å²) in [6.45, 7) is 12.9. The molecular formula is C53H83NO14. The van der Waals surface area contributed by atoms with Crippen molar-refractivity contribution in [2.24, 2.45) is 35.5 Å². The zero-order valence-electron chi connectivity index (χ0n) is 42.4. The number of allylic oxidation sites excluding steroid dienone is 6. The quantitative estimate of drug-likeness (QED) is 0.134. The molecule has 3 heterocycles. The lowest BCUT2D eigenvalue weighted by atomic mass is 9.78. The largest absolute Gasteiger partial charge is 0.460 e. The zero-order chi connectivity index (χ0) is 50.3. The molecule has 0 aromatic heterocycles. The van der Waals surface area contributed by atoms with Crippen molar-refractivity contribution < 1.29 is 67.7 Å². The number of carbonyl (C=O) groups excluding carboxylic acids is 5. The number of rotatable bonds is 9. The van der Waals surface area contributed by atoms with Gasteiger partial charge in [-0.15, -0.1) is 0 Å². The molecule has 4 aliphatic rings. The maximum absolute atomic E-state index is 14.5. The maximum Gasteiger partial charge on any atom is 0.329 e. The number of ether oxygens (including phenoxy) is 6. The Morgan fingerprint density at radius 3 is 2.26 bits per heavy atom. The van der Waals surface area contributed by atoms with Crippen LogP contribution in [0.3, 0.4) is 0 Å². The molecular weight excluding hydrogens is 875 g/mol. The van der Waals surface area contributed by atoms with Gasteiger partial charge in [0.25, 0.3) is 11.7 Å². The van der Waals surface area contributed by atoms with E-state index in [0.29, 0.717) is 63.4 Å². The van der Waals surface area contributed by atoms with Crippen LogP contribution in [0.5, 0.6) is 0 Å². The average molecular weight is 958 g/mol. The van der Waals surface area contributed by atoms with Crippen LogP contribution in [0.1, 0.15) is 126 Å². The van der Waals surface area contributed by atoms with Crippen LogP contribution in [-0.2, 0) is 52.4 Å². The van der Waals surface area contributed by atoms with Crippen molar-refractivity contribution >= 4 is 29.2 Å². The van der Waals surface area contributed by atoms with Crippen molar-refractivity contribution in [3.8, 4) is 0 Å². The molecule has 4 rings (SSSR count). The number of aliphatic hydroxyl groups is 3. The highest BCUT2D eigenvalue weighted by Crippen LogP contribution is 2.38. The minimum atomic E-state index is -2.43. The molecule has 3 fully saturated rings. The summed E-state index contributed by atoms with van der Waals surface area (Å²) >= 11 is 0. The number of Topliss-reactive ketones (excluding diaryl/α,β-unsaturated/α-hetero) is 3. The number of aliphatic hydroxyl groups excluding tert-OH is 2. The number of methoxy groups -OCH3 is 3. The van der Waals surface area contributed by atoms with E-state index in [4.69, 9.17) is 28.4 Å². The fourth-order valence-corrected chi connectivity index (χ4v) is 10.5. The lowest BCUT2D eigenvalue weighted by Gasteiger charge is -2.42. The van der Waals surface area contributed by atoms with Crippen molar-refractivity contribution in [3.63, 3.8) is 0 Å². The molecule has 15 atom stereocenters. The molecule has 15 heteroatoms. The molecule has 2 unspecified atom stereocenters. The van der Waals surface area contributed by atoms with Crippen LogP contribution in [-0.4, -0.2) is 145 Å². The Bertz CT molecular complexity index is 1810. The second kappa shape index (κ2) is 27.3. The number of carbonyl (C=O) groups is 5. The van der Waals surface area contributed by atoms with Crippen molar-refractivity contribution in [1.29, 1.82) is 0 Å². The molecule has 3 N–H and O–H groups in total. The third kappa shape index (κ3) is 15.3. The van der Waals surface area contributed by atoms with E-state index in [2.05, 4.69) is 0 Å². The van der Waals surface area contributed by atoms with E-state index in [0.717, 1.165) is 12.0 Å². The minimum absolute atomic E-state index is 0.0158. The molecule has 1 aliphatic carbocycles. The summed E-state index contributed by atoms with van der Waals surface area (Å²) in [5.74, 6) is -7.96. The highest BCUT2D eigenvalue weighted by Gasteiger charge is 2.53. The predicted octanol–water partition coefficient (Wildman–Crippen LogP) is 6.20. The third-order valence-electron chi connectivity index (χ3n) is 14.9. The molecule has 1 amide bonds. The number of hydrogen-bond donors (Lipinski definition) is 3. The van der Waals surface area contributed by atoms with Gasteiger partial charge in [0.2, 0.25) is 5.79 Å². The van der Waals surface area contributed by atoms with Gasteiger partial charge in [0, 0.05) is 58.5 Å². The van der Waals surface area contributed by atoms with E-state index in [1.807, 2.05) is 58.1 Å². The fraction of sp³-hybridized carbons (Fsp3) is 0.755. The van der Waals surface area contributed by atoms with Crippen LogP contribution in [0, 0.1) is 35.5 Å². The predicted molar refractivity (Wildman–Crippen MR) is 256 cm³/mol. The molecule has 2 bridgehead atoms. The number of cyclic esters (lactones) is 1. The van der Waals surface area contributed by atoms with Crippen LogP contribution in [0.4, 0.5) is 0 Å². The van der Waals surface area contributed by atoms with Crippen LogP contribution < -0.4 is 0 Å². The van der Waals surface area contributed by atoms with Gasteiger partial charge in [0.15, 0.2) is 5.78 Å². The molecule has 0 aromatic carbocycles. The van der Waals surface area contributed by atoms with Gasteiger partial charge in [-0.05, 0) is 107 Å². The monoisotopic (exact) mass is 958 g/mol. The highest BCUT2D eigenvalue weighted by molar-refractivity contribution is 6.39. The van der Waals surface area contributed by atoms with Gasteiger partial charge in [-0.2, -0.15) is 0 Å². The molecule has 15 nitrogen and oxygen atoms in total. The molecule has 384 valence electrons. The Hall–Kier alpha value is -3.41. The van der Waals surface area contributed by atoms with Gasteiger partial charge in [-0.25, -0.2) is 4.79 Å².